The smallest absolute Gasteiger partial charge is 0.263 e. The number of benzene rings is 2. The van der Waals surface area contributed by atoms with Gasteiger partial charge in [0.25, 0.3) is 5.91 Å². The van der Waals surface area contributed by atoms with E-state index >= 15 is 0 Å². The van der Waals surface area contributed by atoms with Gasteiger partial charge in [-0.25, -0.2) is 9.37 Å². The minimum atomic E-state index is -0.635. The third-order valence-corrected chi connectivity index (χ3v) is 4.68. The third kappa shape index (κ3) is 2.51. The fraction of sp³-hybridized carbons (Fsp3) is 0.158. The summed E-state index contributed by atoms with van der Waals surface area (Å²) >= 11 is 6.04. The maximum Gasteiger partial charge on any atom is 0.263 e. The van der Waals surface area contributed by atoms with Gasteiger partial charge in [-0.05, 0) is 36.2 Å². The molecule has 0 spiro atoms. The van der Waals surface area contributed by atoms with Crippen LogP contribution in [0.4, 0.5) is 10.2 Å². The van der Waals surface area contributed by atoms with Crippen LogP contribution in [0.15, 0.2) is 42.5 Å². The van der Waals surface area contributed by atoms with Crippen LogP contribution in [-0.4, -0.2) is 24.5 Å². The van der Waals surface area contributed by atoms with Crippen LogP contribution in [0.5, 0.6) is 5.75 Å². The van der Waals surface area contributed by atoms with Gasteiger partial charge < -0.3 is 4.74 Å². The van der Waals surface area contributed by atoms with Gasteiger partial charge >= 0.3 is 0 Å². The van der Waals surface area contributed by atoms with Crippen molar-refractivity contribution in [1.29, 1.82) is 0 Å². The first-order valence-electron chi connectivity index (χ1n) is 7.82. The van der Waals surface area contributed by atoms with Crippen molar-refractivity contribution in [1.82, 2.24) is 4.98 Å². The van der Waals surface area contributed by atoms with Gasteiger partial charge in [0.2, 0.25) is 0 Å². The molecule has 4 nitrogen and oxygen atoms in total. The maximum atomic E-state index is 14.1. The van der Waals surface area contributed by atoms with Crippen molar-refractivity contribution in [2.75, 3.05) is 18.6 Å². The molecule has 6 heteroatoms. The zero-order valence-electron chi connectivity index (χ0n) is 13.4. The largest absolute Gasteiger partial charge is 0.494 e. The van der Waals surface area contributed by atoms with Crippen molar-refractivity contribution >= 4 is 34.2 Å². The fourth-order valence-corrected chi connectivity index (χ4v) is 3.40. The number of para-hydroxylation sites is 1. The number of fused-ring (bicyclic) bond motifs is 2. The topological polar surface area (TPSA) is 42.4 Å². The zero-order chi connectivity index (χ0) is 17.6. The highest BCUT2D eigenvalue weighted by molar-refractivity contribution is 6.34. The van der Waals surface area contributed by atoms with E-state index in [1.54, 1.807) is 7.11 Å². The summed E-state index contributed by atoms with van der Waals surface area (Å²) in [6.45, 7) is 0.435. The summed E-state index contributed by atoms with van der Waals surface area (Å²) < 4.78 is 19.5. The third-order valence-electron chi connectivity index (χ3n) is 4.37. The van der Waals surface area contributed by atoms with Crippen LogP contribution in [0.1, 0.15) is 15.9 Å². The number of rotatable bonds is 2. The van der Waals surface area contributed by atoms with E-state index in [0.717, 1.165) is 10.9 Å². The Bertz CT molecular complexity index is 986. The average Bonchev–Trinajstić information content (AvgIpc) is 3.01. The molecule has 25 heavy (non-hydrogen) atoms. The summed E-state index contributed by atoms with van der Waals surface area (Å²) in [6.07, 6.45) is 0.660. The SMILES string of the molecule is COc1cccc2cc3c(nc12)N(C(=O)c1c(F)cccc1Cl)CC3. The Morgan fingerprint density at radius 2 is 2.08 bits per heavy atom. The highest BCUT2D eigenvalue weighted by Crippen LogP contribution is 2.34. The van der Waals surface area contributed by atoms with Crippen LogP contribution < -0.4 is 9.64 Å². The van der Waals surface area contributed by atoms with Crippen LogP contribution >= 0.6 is 11.6 Å². The number of anilines is 1. The van der Waals surface area contributed by atoms with E-state index in [1.807, 2.05) is 24.3 Å². The number of ether oxygens (including phenoxy) is 1. The Labute approximate surface area is 148 Å². The second kappa shape index (κ2) is 6.01. The minimum absolute atomic E-state index is 0.0943. The molecule has 0 N–H and O–H groups in total. The second-order valence-electron chi connectivity index (χ2n) is 5.81. The Balaban J connectivity index is 1.84. The number of amides is 1. The molecule has 0 saturated carbocycles. The lowest BCUT2D eigenvalue weighted by molar-refractivity contribution is 0.0985. The number of methoxy groups -OCH3 is 1. The first-order chi connectivity index (χ1) is 12.1. The standard InChI is InChI=1S/C19H14ClFN2O2/c1-25-15-7-2-4-11-10-12-8-9-23(18(12)22-17(11)15)19(24)16-13(20)5-3-6-14(16)21/h2-7,10H,8-9H2,1H3. The number of carbonyl (C=O) groups excluding carboxylic acids is 1. The number of nitrogens with zero attached hydrogens (tertiary/aromatic N) is 2. The van der Waals surface area contributed by atoms with Crippen molar-refractivity contribution < 1.29 is 13.9 Å². The summed E-state index contributed by atoms with van der Waals surface area (Å²) in [6, 6.07) is 11.9. The van der Waals surface area contributed by atoms with Crippen molar-refractivity contribution in [3.05, 3.63) is 64.4 Å². The lowest BCUT2D eigenvalue weighted by Gasteiger charge is -2.18. The molecular formula is C19H14ClFN2O2. The van der Waals surface area contributed by atoms with Gasteiger partial charge in [-0.3, -0.25) is 9.69 Å². The summed E-state index contributed by atoms with van der Waals surface area (Å²) in [5.74, 6) is 0.0396. The Morgan fingerprint density at radius 3 is 2.84 bits per heavy atom. The van der Waals surface area contributed by atoms with Gasteiger partial charge in [-0.2, -0.15) is 0 Å². The van der Waals surface area contributed by atoms with Crippen molar-refractivity contribution in [3.63, 3.8) is 0 Å². The van der Waals surface area contributed by atoms with E-state index < -0.39 is 11.7 Å². The van der Waals surface area contributed by atoms with E-state index in [2.05, 4.69) is 4.98 Å². The number of aromatic nitrogens is 1. The summed E-state index contributed by atoms with van der Waals surface area (Å²) in [5, 5.41) is 1.04. The van der Waals surface area contributed by atoms with Crippen LogP contribution in [-0.2, 0) is 6.42 Å². The molecule has 4 rings (SSSR count). The van der Waals surface area contributed by atoms with E-state index in [1.165, 1.54) is 23.1 Å². The molecule has 0 saturated heterocycles. The lowest BCUT2D eigenvalue weighted by atomic mass is 10.1. The molecule has 0 atom stereocenters. The molecular weight excluding hydrogens is 343 g/mol. The minimum Gasteiger partial charge on any atom is -0.494 e. The number of hydrogen-bond donors (Lipinski definition) is 0. The maximum absolute atomic E-state index is 14.1. The van der Waals surface area contributed by atoms with Crippen LogP contribution in [0.25, 0.3) is 10.9 Å². The molecule has 0 radical (unpaired) electrons. The van der Waals surface area contributed by atoms with Crippen molar-refractivity contribution in [2.24, 2.45) is 0 Å². The second-order valence-corrected chi connectivity index (χ2v) is 6.21. The van der Waals surface area contributed by atoms with Crippen molar-refractivity contribution in [2.45, 2.75) is 6.42 Å². The number of hydrogen-bond acceptors (Lipinski definition) is 3. The van der Waals surface area contributed by atoms with E-state index in [9.17, 15) is 9.18 Å². The Morgan fingerprint density at radius 1 is 1.28 bits per heavy atom. The Hall–Kier alpha value is -2.66. The van der Waals surface area contributed by atoms with Crippen molar-refractivity contribution in [3.8, 4) is 5.75 Å². The number of pyridine rings is 1. The molecule has 0 bridgehead atoms. The molecule has 2 aromatic carbocycles. The normalized spacial score (nSPS) is 13.2. The molecule has 1 aliphatic rings. The molecule has 1 aliphatic heterocycles. The highest BCUT2D eigenvalue weighted by atomic mass is 35.5. The average molecular weight is 357 g/mol. The van der Waals surface area contributed by atoms with Crippen LogP contribution in [0.2, 0.25) is 5.02 Å². The predicted molar refractivity (Wildman–Crippen MR) is 95.1 cm³/mol. The van der Waals surface area contributed by atoms with Crippen LogP contribution in [0, 0.1) is 5.82 Å². The van der Waals surface area contributed by atoms with Gasteiger partial charge in [0.15, 0.2) is 0 Å². The van der Waals surface area contributed by atoms with Gasteiger partial charge in [-0.1, -0.05) is 29.8 Å². The summed E-state index contributed by atoms with van der Waals surface area (Å²) in [5.41, 5.74) is 1.49. The Kier molecular flexibility index (Phi) is 3.81. The monoisotopic (exact) mass is 356 g/mol. The number of carbonyl (C=O) groups is 1. The molecule has 1 amide bonds. The van der Waals surface area contributed by atoms with E-state index in [-0.39, 0.29) is 10.6 Å². The molecule has 126 valence electrons. The van der Waals surface area contributed by atoms with Gasteiger partial charge in [0, 0.05) is 11.9 Å². The molecule has 2 heterocycles. The lowest BCUT2D eigenvalue weighted by Crippen LogP contribution is -2.30. The molecule has 0 fully saturated rings. The zero-order valence-corrected chi connectivity index (χ0v) is 14.2. The van der Waals surface area contributed by atoms with Gasteiger partial charge in [0.1, 0.15) is 22.9 Å². The molecule has 3 aromatic rings. The quantitative estimate of drug-likeness (QED) is 0.689. The number of halogens is 2. The first-order valence-corrected chi connectivity index (χ1v) is 8.20. The molecule has 0 unspecified atom stereocenters. The summed E-state index contributed by atoms with van der Waals surface area (Å²) in [7, 11) is 1.58. The molecule has 0 aliphatic carbocycles. The summed E-state index contributed by atoms with van der Waals surface area (Å²) in [4.78, 5) is 19.0. The van der Waals surface area contributed by atoms with Gasteiger partial charge in [-0.15, -0.1) is 0 Å². The highest BCUT2D eigenvalue weighted by Gasteiger charge is 2.30. The van der Waals surface area contributed by atoms with E-state index in [4.69, 9.17) is 16.3 Å². The predicted octanol–water partition coefficient (Wildman–Crippen LogP) is 4.24. The van der Waals surface area contributed by atoms with Crippen LogP contribution in [0.3, 0.4) is 0 Å². The first kappa shape index (κ1) is 15.8. The van der Waals surface area contributed by atoms with E-state index in [0.29, 0.717) is 30.0 Å². The fourth-order valence-electron chi connectivity index (χ4n) is 3.16. The van der Waals surface area contributed by atoms with Gasteiger partial charge in [0.05, 0.1) is 17.7 Å². The molecule has 1 aromatic heterocycles.